The number of para-hydroxylation sites is 1. The maximum Gasteiger partial charge on any atom is 0.268 e. The molecule has 0 fully saturated rings. The molecule has 5 heteroatoms. The Hall–Kier alpha value is -1.52. The molecule has 0 N–H and O–H groups in total. The Bertz CT molecular complexity index is 639. The normalized spacial score (nSPS) is 14.0. The Kier molecular flexibility index (Phi) is 3.68. The number of amides is 1. The second-order valence-electron chi connectivity index (χ2n) is 4.63. The molecule has 0 atom stereocenters. The van der Waals surface area contributed by atoms with Crippen LogP contribution in [0.3, 0.4) is 0 Å². The van der Waals surface area contributed by atoms with E-state index in [9.17, 15) is 4.79 Å². The van der Waals surface area contributed by atoms with Crippen LogP contribution in [0.5, 0.6) is 5.75 Å². The zero-order valence-corrected chi connectivity index (χ0v) is 12.6. The van der Waals surface area contributed by atoms with Crippen LogP contribution in [-0.4, -0.2) is 19.6 Å². The number of anilines is 1. The number of hydrogen-bond acceptors (Lipinski definition) is 3. The van der Waals surface area contributed by atoms with Gasteiger partial charge in [0.1, 0.15) is 5.75 Å². The number of hydrogen-bond donors (Lipinski definition) is 0. The Morgan fingerprint density at radius 1 is 1.35 bits per heavy atom. The van der Waals surface area contributed by atoms with Crippen molar-refractivity contribution in [3.63, 3.8) is 0 Å². The molecule has 0 spiro atoms. The molecule has 0 radical (unpaired) electrons. The van der Waals surface area contributed by atoms with Gasteiger partial charge in [0, 0.05) is 6.54 Å². The number of methoxy groups -OCH3 is 1. The molecule has 1 aliphatic rings. The number of aryl methyl sites for hydroxylation is 1. The van der Waals surface area contributed by atoms with Crippen molar-refractivity contribution in [1.82, 2.24) is 0 Å². The van der Waals surface area contributed by atoms with Crippen LogP contribution < -0.4 is 9.64 Å². The topological polar surface area (TPSA) is 29.5 Å². The number of ether oxygens (including phenoxy) is 1. The van der Waals surface area contributed by atoms with Crippen molar-refractivity contribution in [3.8, 4) is 5.75 Å². The van der Waals surface area contributed by atoms with Gasteiger partial charge in [-0.3, -0.25) is 4.79 Å². The number of carbonyl (C=O) groups excluding carboxylic acids is 1. The average molecular weight is 308 g/mol. The van der Waals surface area contributed by atoms with Gasteiger partial charge in [-0.15, -0.1) is 11.3 Å². The Morgan fingerprint density at radius 2 is 2.20 bits per heavy atom. The summed E-state index contributed by atoms with van der Waals surface area (Å²) in [6.45, 7) is 0.710. The van der Waals surface area contributed by atoms with Crippen LogP contribution in [0.25, 0.3) is 0 Å². The van der Waals surface area contributed by atoms with Gasteiger partial charge in [-0.1, -0.05) is 23.7 Å². The van der Waals surface area contributed by atoms with E-state index in [4.69, 9.17) is 16.3 Å². The molecule has 3 rings (SSSR count). The maximum absolute atomic E-state index is 12.7. The third-order valence-corrected chi connectivity index (χ3v) is 4.65. The third kappa shape index (κ3) is 2.30. The number of halogens is 1. The summed E-state index contributed by atoms with van der Waals surface area (Å²) >= 11 is 7.24. The van der Waals surface area contributed by atoms with Crippen LogP contribution in [0.15, 0.2) is 30.3 Å². The van der Waals surface area contributed by atoms with Gasteiger partial charge < -0.3 is 9.64 Å². The average Bonchev–Trinajstić information content (AvgIpc) is 2.91. The van der Waals surface area contributed by atoms with Crippen LogP contribution in [-0.2, 0) is 6.42 Å². The molecule has 20 heavy (non-hydrogen) atoms. The molecule has 0 bridgehead atoms. The second-order valence-corrected chi connectivity index (χ2v) is 6.35. The summed E-state index contributed by atoms with van der Waals surface area (Å²) < 4.78 is 6.05. The van der Waals surface area contributed by atoms with Crippen LogP contribution in [0.2, 0.25) is 4.34 Å². The second kappa shape index (κ2) is 5.46. The lowest BCUT2D eigenvalue weighted by molar-refractivity contribution is 0.0988. The van der Waals surface area contributed by atoms with E-state index >= 15 is 0 Å². The number of fused-ring (bicyclic) bond motifs is 1. The summed E-state index contributed by atoms with van der Waals surface area (Å²) in [4.78, 5) is 15.1. The minimum absolute atomic E-state index is 0.00708. The molecule has 1 aromatic carbocycles. The molecule has 2 heterocycles. The van der Waals surface area contributed by atoms with Crippen LogP contribution in [0.1, 0.15) is 21.7 Å². The summed E-state index contributed by atoms with van der Waals surface area (Å²) in [5.41, 5.74) is 2.06. The Balaban J connectivity index is 2.03. The van der Waals surface area contributed by atoms with Crippen molar-refractivity contribution < 1.29 is 9.53 Å². The van der Waals surface area contributed by atoms with Crippen molar-refractivity contribution in [2.45, 2.75) is 12.8 Å². The third-order valence-electron chi connectivity index (χ3n) is 3.43. The first-order valence-corrected chi connectivity index (χ1v) is 7.63. The van der Waals surface area contributed by atoms with Crippen molar-refractivity contribution >= 4 is 34.5 Å². The van der Waals surface area contributed by atoms with Crippen LogP contribution >= 0.6 is 22.9 Å². The van der Waals surface area contributed by atoms with Gasteiger partial charge in [0.2, 0.25) is 0 Å². The lowest BCUT2D eigenvalue weighted by atomic mass is 10.0. The molecular formula is C15H14ClNO2S. The molecule has 3 nitrogen and oxygen atoms in total. The quantitative estimate of drug-likeness (QED) is 0.839. The number of carbonyl (C=O) groups is 1. The minimum Gasteiger partial charge on any atom is -0.495 e. The highest BCUT2D eigenvalue weighted by Crippen LogP contribution is 2.37. The smallest absolute Gasteiger partial charge is 0.268 e. The summed E-state index contributed by atoms with van der Waals surface area (Å²) in [7, 11) is 1.63. The molecule has 1 amide bonds. The first-order chi connectivity index (χ1) is 9.70. The van der Waals surface area contributed by atoms with Gasteiger partial charge >= 0.3 is 0 Å². The summed E-state index contributed by atoms with van der Waals surface area (Å²) in [5.74, 6) is 0.741. The lowest BCUT2D eigenvalue weighted by Gasteiger charge is -2.30. The number of benzene rings is 1. The monoisotopic (exact) mass is 307 g/mol. The SMILES string of the molecule is COc1cccc2c1N(C(=O)c1ccc(Cl)s1)CCC2. The standard InChI is InChI=1S/C15H14ClNO2S/c1-19-11-6-2-4-10-5-3-9-17(14(10)11)15(18)12-7-8-13(16)20-12/h2,4,6-8H,3,5,9H2,1H3. The summed E-state index contributed by atoms with van der Waals surface area (Å²) in [6, 6.07) is 9.45. The molecule has 0 saturated heterocycles. The highest BCUT2D eigenvalue weighted by atomic mass is 35.5. The first kappa shape index (κ1) is 13.5. The zero-order chi connectivity index (χ0) is 14.1. The van der Waals surface area contributed by atoms with Gasteiger partial charge in [-0.05, 0) is 36.6 Å². The molecule has 0 unspecified atom stereocenters. The van der Waals surface area contributed by atoms with E-state index in [2.05, 4.69) is 6.07 Å². The van der Waals surface area contributed by atoms with E-state index in [-0.39, 0.29) is 5.91 Å². The van der Waals surface area contributed by atoms with Gasteiger partial charge in [0.25, 0.3) is 5.91 Å². The largest absolute Gasteiger partial charge is 0.495 e. The lowest BCUT2D eigenvalue weighted by Crippen LogP contribution is -2.35. The predicted molar refractivity (Wildman–Crippen MR) is 82.3 cm³/mol. The molecule has 2 aromatic rings. The van der Waals surface area contributed by atoms with E-state index in [1.54, 1.807) is 24.1 Å². The highest BCUT2D eigenvalue weighted by molar-refractivity contribution is 7.18. The number of thiophene rings is 1. The number of nitrogens with zero attached hydrogens (tertiary/aromatic N) is 1. The van der Waals surface area contributed by atoms with Crippen molar-refractivity contribution in [3.05, 3.63) is 45.1 Å². The van der Waals surface area contributed by atoms with E-state index in [0.29, 0.717) is 15.8 Å². The fourth-order valence-electron chi connectivity index (χ4n) is 2.55. The minimum atomic E-state index is -0.00708. The number of rotatable bonds is 2. The van der Waals surface area contributed by atoms with Crippen molar-refractivity contribution in [2.75, 3.05) is 18.6 Å². The van der Waals surface area contributed by atoms with Crippen molar-refractivity contribution in [2.24, 2.45) is 0 Å². The van der Waals surface area contributed by atoms with E-state index in [1.807, 2.05) is 12.1 Å². The highest BCUT2D eigenvalue weighted by Gasteiger charge is 2.27. The van der Waals surface area contributed by atoms with Gasteiger partial charge in [0.05, 0.1) is 22.0 Å². The van der Waals surface area contributed by atoms with Gasteiger partial charge in [0.15, 0.2) is 0 Å². The van der Waals surface area contributed by atoms with Crippen molar-refractivity contribution in [1.29, 1.82) is 0 Å². The van der Waals surface area contributed by atoms with E-state index in [0.717, 1.165) is 29.8 Å². The first-order valence-electron chi connectivity index (χ1n) is 6.44. The fourth-order valence-corrected chi connectivity index (χ4v) is 3.54. The molecule has 104 valence electrons. The summed E-state index contributed by atoms with van der Waals surface area (Å²) in [6.07, 6.45) is 1.94. The van der Waals surface area contributed by atoms with E-state index in [1.165, 1.54) is 11.3 Å². The Morgan fingerprint density at radius 3 is 2.90 bits per heavy atom. The van der Waals surface area contributed by atoms with E-state index < -0.39 is 0 Å². The van der Waals surface area contributed by atoms with Crippen LogP contribution in [0, 0.1) is 0 Å². The van der Waals surface area contributed by atoms with Gasteiger partial charge in [-0.2, -0.15) is 0 Å². The molecular weight excluding hydrogens is 294 g/mol. The Labute approximate surface area is 126 Å². The fraction of sp³-hybridized carbons (Fsp3) is 0.267. The molecule has 1 aromatic heterocycles. The van der Waals surface area contributed by atoms with Gasteiger partial charge in [-0.25, -0.2) is 0 Å². The van der Waals surface area contributed by atoms with Crippen LogP contribution in [0.4, 0.5) is 5.69 Å². The molecule has 0 aliphatic carbocycles. The predicted octanol–water partition coefficient (Wildman–Crippen LogP) is 4.00. The maximum atomic E-state index is 12.7. The molecule has 1 aliphatic heterocycles. The summed E-state index contributed by atoms with van der Waals surface area (Å²) in [5, 5.41) is 0. The zero-order valence-electron chi connectivity index (χ0n) is 11.1. The molecule has 0 saturated carbocycles.